The van der Waals surface area contributed by atoms with Crippen molar-refractivity contribution in [2.24, 2.45) is 0 Å². The molecule has 2 aromatic carbocycles. The minimum atomic E-state index is -0.954. The number of carbonyl (C=O) groups excluding carboxylic acids is 2. The van der Waals surface area contributed by atoms with Gasteiger partial charge in [0, 0.05) is 31.1 Å². The van der Waals surface area contributed by atoms with Crippen LogP contribution in [0, 0.1) is 11.6 Å². The summed E-state index contributed by atoms with van der Waals surface area (Å²) in [5.74, 6) is -2.14. The zero-order valence-electron chi connectivity index (χ0n) is 14.5. The molecule has 0 aliphatic rings. The summed E-state index contributed by atoms with van der Waals surface area (Å²) in [4.78, 5) is 28.2. The summed E-state index contributed by atoms with van der Waals surface area (Å²) in [6.45, 7) is 1.94. The largest absolute Gasteiger partial charge is 0.441 e. The first-order chi connectivity index (χ1) is 13.0. The second kappa shape index (κ2) is 7.94. The smallest absolute Gasteiger partial charge is 0.254 e. The molecule has 0 atom stereocenters. The molecule has 27 heavy (non-hydrogen) atoms. The molecule has 0 aliphatic carbocycles. The number of fused-ring (bicyclic) bond motifs is 1. The average molecular weight is 373 g/mol. The molecule has 6 nitrogen and oxygen atoms in total. The number of aryl methyl sites for hydroxylation is 1. The van der Waals surface area contributed by atoms with Crippen LogP contribution >= 0.6 is 0 Å². The van der Waals surface area contributed by atoms with Crippen molar-refractivity contribution in [3.05, 3.63) is 59.5 Å². The molecule has 1 aromatic heterocycles. The molecule has 0 aliphatic heterocycles. The first kappa shape index (κ1) is 18.5. The molecule has 3 rings (SSSR count). The Morgan fingerprint density at radius 3 is 2.70 bits per heavy atom. The zero-order chi connectivity index (χ0) is 19.4. The fourth-order valence-corrected chi connectivity index (χ4v) is 2.49. The van der Waals surface area contributed by atoms with Gasteiger partial charge in [0.2, 0.25) is 5.91 Å². The quantitative estimate of drug-likeness (QED) is 0.693. The lowest BCUT2D eigenvalue weighted by Crippen LogP contribution is -2.28. The Morgan fingerprint density at radius 2 is 1.96 bits per heavy atom. The van der Waals surface area contributed by atoms with E-state index in [4.69, 9.17) is 4.42 Å². The number of halogens is 2. The number of carbonyl (C=O) groups is 2. The maximum Gasteiger partial charge on any atom is 0.254 e. The van der Waals surface area contributed by atoms with E-state index in [-0.39, 0.29) is 24.4 Å². The van der Waals surface area contributed by atoms with E-state index in [0.717, 1.165) is 12.1 Å². The number of anilines is 1. The monoisotopic (exact) mass is 373 g/mol. The standard InChI is InChI=1S/C19H17F2N3O3/c1-2-18-24-15-10-12(4-6-16(15)27-18)23-17(25)7-8-22-19(26)13-5-3-11(20)9-14(13)21/h3-6,9-10H,2,7-8H2,1H3,(H,22,26)(H,23,25). The number of benzene rings is 2. The molecule has 2 N–H and O–H groups in total. The summed E-state index contributed by atoms with van der Waals surface area (Å²) in [6.07, 6.45) is 0.663. The van der Waals surface area contributed by atoms with Crippen molar-refractivity contribution in [2.75, 3.05) is 11.9 Å². The van der Waals surface area contributed by atoms with Crippen LogP contribution < -0.4 is 10.6 Å². The highest BCUT2D eigenvalue weighted by molar-refractivity contribution is 5.96. The van der Waals surface area contributed by atoms with Crippen molar-refractivity contribution < 1.29 is 22.8 Å². The Labute approximate surface area is 153 Å². The van der Waals surface area contributed by atoms with E-state index in [0.29, 0.717) is 35.2 Å². The summed E-state index contributed by atoms with van der Waals surface area (Å²) < 4.78 is 31.9. The van der Waals surface area contributed by atoms with E-state index in [2.05, 4.69) is 15.6 Å². The van der Waals surface area contributed by atoms with Gasteiger partial charge < -0.3 is 15.1 Å². The van der Waals surface area contributed by atoms with Gasteiger partial charge in [-0.1, -0.05) is 6.92 Å². The highest BCUT2D eigenvalue weighted by Gasteiger charge is 2.13. The topological polar surface area (TPSA) is 84.2 Å². The van der Waals surface area contributed by atoms with E-state index in [9.17, 15) is 18.4 Å². The van der Waals surface area contributed by atoms with Crippen molar-refractivity contribution in [1.29, 1.82) is 0 Å². The van der Waals surface area contributed by atoms with E-state index in [1.807, 2.05) is 6.92 Å². The molecule has 140 valence electrons. The van der Waals surface area contributed by atoms with Gasteiger partial charge in [-0.25, -0.2) is 13.8 Å². The molecule has 0 spiro atoms. The SMILES string of the molecule is CCc1nc2cc(NC(=O)CCNC(=O)c3ccc(F)cc3F)ccc2o1. The zero-order valence-corrected chi connectivity index (χ0v) is 14.5. The number of nitrogens with zero attached hydrogens (tertiary/aromatic N) is 1. The number of hydrogen-bond donors (Lipinski definition) is 2. The van der Waals surface area contributed by atoms with Crippen LogP contribution in [0.25, 0.3) is 11.1 Å². The number of aromatic nitrogens is 1. The molecule has 3 aromatic rings. The Balaban J connectivity index is 1.53. The maximum atomic E-state index is 13.5. The molecule has 0 unspecified atom stereocenters. The second-order valence-corrected chi connectivity index (χ2v) is 5.82. The first-order valence-electron chi connectivity index (χ1n) is 8.39. The van der Waals surface area contributed by atoms with E-state index >= 15 is 0 Å². The van der Waals surface area contributed by atoms with Crippen LogP contribution in [0.2, 0.25) is 0 Å². The van der Waals surface area contributed by atoms with Crippen LogP contribution in [-0.2, 0) is 11.2 Å². The predicted molar refractivity (Wildman–Crippen MR) is 95.3 cm³/mol. The fourth-order valence-electron chi connectivity index (χ4n) is 2.49. The maximum absolute atomic E-state index is 13.5. The molecule has 0 radical (unpaired) electrons. The lowest BCUT2D eigenvalue weighted by atomic mass is 10.2. The van der Waals surface area contributed by atoms with Crippen LogP contribution in [0.5, 0.6) is 0 Å². The summed E-state index contributed by atoms with van der Waals surface area (Å²) in [6, 6.07) is 7.79. The van der Waals surface area contributed by atoms with Gasteiger partial charge in [-0.2, -0.15) is 0 Å². The first-order valence-corrected chi connectivity index (χ1v) is 8.39. The van der Waals surface area contributed by atoms with Crippen molar-refractivity contribution in [2.45, 2.75) is 19.8 Å². The lowest BCUT2D eigenvalue weighted by Gasteiger charge is -2.07. The number of nitrogens with one attached hydrogen (secondary N) is 2. The summed E-state index contributed by atoms with van der Waals surface area (Å²) in [5.41, 5.74) is 1.56. The van der Waals surface area contributed by atoms with Gasteiger partial charge in [0.25, 0.3) is 5.91 Å². The Hall–Kier alpha value is -3.29. The number of oxazole rings is 1. The average Bonchev–Trinajstić information content (AvgIpc) is 3.04. The van der Waals surface area contributed by atoms with Gasteiger partial charge >= 0.3 is 0 Å². The summed E-state index contributed by atoms with van der Waals surface area (Å²) >= 11 is 0. The normalized spacial score (nSPS) is 10.8. The fraction of sp³-hybridized carbons (Fsp3) is 0.211. The highest BCUT2D eigenvalue weighted by Crippen LogP contribution is 2.20. The Morgan fingerprint density at radius 1 is 1.15 bits per heavy atom. The molecule has 0 fully saturated rings. The number of amides is 2. The summed E-state index contributed by atoms with van der Waals surface area (Å²) in [5, 5.41) is 5.13. The molecule has 0 saturated carbocycles. The third kappa shape index (κ3) is 4.46. The van der Waals surface area contributed by atoms with Crippen LogP contribution in [0.3, 0.4) is 0 Å². The highest BCUT2D eigenvalue weighted by atomic mass is 19.1. The molecule has 1 heterocycles. The number of hydrogen-bond acceptors (Lipinski definition) is 4. The Kier molecular flexibility index (Phi) is 5.44. The van der Waals surface area contributed by atoms with Crippen molar-refractivity contribution in [1.82, 2.24) is 10.3 Å². The van der Waals surface area contributed by atoms with Crippen LogP contribution in [0.1, 0.15) is 29.6 Å². The van der Waals surface area contributed by atoms with Crippen LogP contribution in [-0.4, -0.2) is 23.3 Å². The summed E-state index contributed by atoms with van der Waals surface area (Å²) in [7, 11) is 0. The van der Waals surface area contributed by atoms with E-state index < -0.39 is 17.5 Å². The minimum Gasteiger partial charge on any atom is -0.441 e. The molecule has 8 heteroatoms. The second-order valence-electron chi connectivity index (χ2n) is 5.82. The molecule has 2 amide bonds. The van der Waals surface area contributed by atoms with E-state index in [1.165, 1.54) is 0 Å². The van der Waals surface area contributed by atoms with Crippen molar-refractivity contribution in [3.63, 3.8) is 0 Å². The van der Waals surface area contributed by atoms with Gasteiger partial charge in [-0.15, -0.1) is 0 Å². The molecule has 0 bridgehead atoms. The van der Waals surface area contributed by atoms with Gasteiger partial charge in [0.05, 0.1) is 5.56 Å². The third-order valence-electron chi connectivity index (χ3n) is 3.83. The third-order valence-corrected chi connectivity index (χ3v) is 3.83. The predicted octanol–water partition coefficient (Wildman–Crippen LogP) is 3.43. The van der Waals surface area contributed by atoms with Gasteiger partial charge in [0.1, 0.15) is 17.2 Å². The van der Waals surface area contributed by atoms with Gasteiger partial charge in [0.15, 0.2) is 11.5 Å². The number of rotatable bonds is 6. The van der Waals surface area contributed by atoms with Crippen molar-refractivity contribution >= 4 is 28.6 Å². The van der Waals surface area contributed by atoms with Crippen molar-refractivity contribution in [3.8, 4) is 0 Å². The van der Waals surface area contributed by atoms with Gasteiger partial charge in [-0.05, 0) is 30.3 Å². The molecular weight excluding hydrogens is 356 g/mol. The lowest BCUT2D eigenvalue weighted by molar-refractivity contribution is -0.116. The van der Waals surface area contributed by atoms with Gasteiger partial charge in [-0.3, -0.25) is 9.59 Å². The van der Waals surface area contributed by atoms with E-state index in [1.54, 1.807) is 18.2 Å². The van der Waals surface area contributed by atoms with Crippen LogP contribution in [0.4, 0.5) is 14.5 Å². The molecular formula is C19H17F2N3O3. The Bertz CT molecular complexity index is 1000. The van der Waals surface area contributed by atoms with Crippen LogP contribution in [0.15, 0.2) is 40.8 Å². The molecule has 0 saturated heterocycles. The minimum absolute atomic E-state index is 0.00761.